The van der Waals surface area contributed by atoms with E-state index in [4.69, 9.17) is 16.3 Å². The Balaban J connectivity index is 1.83. The molecule has 0 saturated carbocycles. The molecule has 6 nitrogen and oxygen atoms in total. The highest BCUT2D eigenvalue weighted by Gasteiger charge is 2.34. The van der Waals surface area contributed by atoms with Gasteiger partial charge in [0.1, 0.15) is 17.7 Å². The molecule has 0 saturated heterocycles. The highest BCUT2D eigenvalue weighted by molar-refractivity contribution is 8.14. The van der Waals surface area contributed by atoms with Gasteiger partial charge in [0, 0.05) is 30.0 Å². The van der Waals surface area contributed by atoms with Crippen molar-refractivity contribution in [1.29, 1.82) is 0 Å². The first-order chi connectivity index (χ1) is 13.0. The SMILES string of the molecule is CC(=O)NC1=NN(C(C)=O)C(c2ccccc2OCc2ccccc2Cl)S1. The van der Waals surface area contributed by atoms with E-state index in [1.165, 1.54) is 30.6 Å². The summed E-state index contributed by atoms with van der Waals surface area (Å²) in [5.41, 5.74) is 1.65. The van der Waals surface area contributed by atoms with Gasteiger partial charge in [0.05, 0.1) is 0 Å². The molecule has 2 aromatic rings. The number of nitrogens with zero attached hydrogens (tertiary/aromatic N) is 2. The Bertz CT molecular complexity index is 903. The van der Waals surface area contributed by atoms with Crippen molar-refractivity contribution in [2.75, 3.05) is 0 Å². The van der Waals surface area contributed by atoms with Crippen LogP contribution in [0.1, 0.15) is 30.3 Å². The van der Waals surface area contributed by atoms with Gasteiger partial charge in [-0.1, -0.05) is 59.8 Å². The van der Waals surface area contributed by atoms with E-state index < -0.39 is 5.37 Å². The van der Waals surface area contributed by atoms with Crippen molar-refractivity contribution in [3.8, 4) is 5.75 Å². The van der Waals surface area contributed by atoms with Crippen molar-refractivity contribution < 1.29 is 14.3 Å². The Hall–Kier alpha value is -2.51. The molecule has 2 aromatic carbocycles. The second kappa shape index (κ2) is 8.45. The zero-order chi connectivity index (χ0) is 19.4. The first-order valence-corrected chi connectivity index (χ1v) is 9.49. The number of hydrogen-bond acceptors (Lipinski definition) is 5. The van der Waals surface area contributed by atoms with E-state index in [1.807, 2.05) is 48.5 Å². The zero-order valence-electron chi connectivity index (χ0n) is 14.8. The molecule has 1 aliphatic rings. The van der Waals surface area contributed by atoms with E-state index in [1.54, 1.807) is 0 Å². The summed E-state index contributed by atoms with van der Waals surface area (Å²) in [6, 6.07) is 14.9. The van der Waals surface area contributed by atoms with E-state index in [-0.39, 0.29) is 11.8 Å². The fourth-order valence-corrected chi connectivity index (χ4v) is 3.91. The average Bonchev–Trinajstić information content (AvgIpc) is 3.04. The molecule has 3 rings (SSSR count). The van der Waals surface area contributed by atoms with E-state index in [2.05, 4.69) is 10.4 Å². The lowest BCUT2D eigenvalue weighted by Crippen LogP contribution is -2.25. The number of amidine groups is 1. The Morgan fingerprint density at radius 1 is 1.19 bits per heavy atom. The number of rotatable bonds is 4. The van der Waals surface area contributed by atoms with Crippen molar-refractivity contribution in [2.24, 2.45) is 5.10 Å². The number of para-hydroxylation sites is 1. The predicted molar refractivity (Wildman–Crippen MR) is 106 cm³/mol. The van der Waals surface area contributed by atoms with Crippen LogP contribution in [-0.2, 0) is 16.2 Å². The summed E-state index contributed by atoms with van der Waals surface area (Å²) in [6.07, 6.45) is 0. The molecular formula is C19H18ClN3O3S. The molecule has 0 spiro atoms. The smallest absolute Gasteiger partial charge is 0.241 e. The number of halogens is 1. The minimum atomic E-state index is -0.424. The highest BCUT2D eigenvalue weighted by atomic mass is 35.5. The van der Waals surface area contributed by atoms with Gasteiger partial charge < -0.3 is 10.1 Å². The summed E-state index contributed by atoms with van der Waals surface area (Å²) in [5, 5.41) is 8.77. The van der Waals surface area contributed by atoms with Crippen LogP contribution >= 0.6 is 23.4 Å². The van der Waals surface area contributed by atoms with Crippen LogP contribution in [-0.4, -0.2) is 22.0 Å². The van der Waals surface area contributed by atoms with Gasteiger partial charge in [-0.3, -0.25) is 9.59 Å². The predicted octanol–water partition coefficient (Wildman–Crippen LogP) is 3.92. The lowest BCUT2D eigenvalue weighted by atomic mass is 10.2. The van der Waals surface area contributed by atoms with Crippen molar-refractivity contribution in [2.45, 2.75) is 25.8 Å². The molecule has 0 aliphatic carbocycles. The molecule has 2 amide bonds. The summed E-state index contributed by atoms with van der Waals surface area (Å²) in [7, 11) is 0. The monoisotopic (exact) mass is 403 g/mol. The number of nitrogens with one attached hydrogen (secondary N) is 1. The molecule has 1 N–H and O–H groups in total. The summed E-state index contributed by atoms with van der Waals surface area (Å²) in [6.45, 7) is 3.13. The lowest BCUT2D eigenvalue weighted by Gasteiger charge is -2.22. The van der Waals surface area contributed by atoms with Gasteiger partial charge in [0.15, 0.2) is 5.17 Å². The molecular weight excluding hydrogens is 386 g/mol. The Labute approximate surface area is 166 Å². The molecule has 8 heteroatoms. The van der Waals surface area contributed by atoms with Crippen LogP contribution < -0.4 is 10.1 Å². The topological polar surface area (TPSA) is 71.0 Å². The third-order valence-electron chi connectivity index (χ3n) is 3.78. The number of hydrogen-bond donors (Lipinski definition) is 1. The first-order valence-electron chi connectivity index (χ1n) is 8.23. The summed E-state index contributed by atoms with van der Waals surface area (Å²) in [5.74, 6) is 0.155. The molecule has 0 radical (unpaired) electrons. The van der Waals surface area contributed by atoms with Gasteiger partial charge in [-0.25, -0.2) is 5.01 Å². The third-order valence-corrected chi connectivity index (χ3v) is 5.23. The van der Waals surface area contributed by atoms with Crippen molar-refractivity contribution in [1.82, 2.24) is 10.3 Å². The molecule has 0 aromatic heterocycles. The highest BCUT2D eigenvalue weighted by Crippen LogP contribution is 2.42. The van der Waals surface area contributed by atoms with Gasteiger partial charge in [-0.15, -0.1) is 5.10 Å². The van der Waals surface area contributed by atoms with Crippen LogP contribution in [0.5, 0.6) is 5.75 Å². The van der Waals surface area contributed by atoms with Gasteiger partial charge in [-0.05, 0) is 12.1 Å². The molecule has 1 unspecified atom stereocenters. The number of amides is 2. The summed E-state index contributed by atoms with van der Waals surface area (Å²) < 4.78 is 5.99. The lowest BCUT2D eigenvalue weighted by molar-refractivity contribution is -0.129. The van der Waals surface area contributed by atoms with Crippen LogP contribution in [0.3, 0.4) is 0 Å². The van der Waals surface area contributed by atoms with Crippen LogP contribution in [0.15, 0.2) is 53.6 Å². The van der Waals surface area contributed by atoms with Crippen molar-refractivity contribution >= 4 is 40.3 Å². The second-order valence-electron chi connectivity index (χ2n) is 5.84. The maximum absolute atomic E-state index is 12.0. The van der Waals surface area contributed by atoms with E-state index in [9.17, 15) is 9.59 Å². The molecule has 1 atom stereocenters. The molecule has 1 heterocycles. The summed E-state index contributed by atoms with van der Waals surface area (Å²) in [4.78, 5) is 23.4. The maximum Gasteiger partial charge on any atom is 0.241 e. The van der Waals surface area contributed by atoms with Crippen molar-refractivity contribution in [3.05, 3.63) is 64.7 Å². The number of benzene rings is 2. The van der Waals surface area contributed by atoms with E-state index in [0.29, 0.717) is 22.5 Å². The molecule has 27 heavy (non-hydrogen) atoms. The number of hydrazone groups is 1. The average molecular weight is 404 g/mol. The van der Waals surface area contributed by atoms with Crippen molar-refractivity contribution in [3.63, 3.8) is 0 Å². The number of thioether (sulfide) groups is 1. The zero-order valence-corrected chi connectivity index (χ0v) is 16.4. The number of ether oxygens (including phenoxy) is 1. The van der Waals surface area contributed by atoms with Gasteiger partial charge >= 0.3 is 0 Å². The van der Waals surface area contributed by atoms with Gasteiger partial charge in [0.2, 0.25) is 11.8 Å². The Morgan fingerprint density at radius 2 is 1.89 bits per heavy atom. The quantitative estimate of drug-likeness (QED) is 0.839. The largest absolute Gasteiger partial charge is 0.488 e. The molecule has 1 aliphatic heterocycles. The summed E-state index contributed by atoms with van der Waals surface area (Å²) >= 11 is 7.48. The van der Waals surface area contributed by atoms with Gasteiger partial charge in [-0.2, -0.15) is 0 Å². The van der Waals surface area contributed by atoms with Gasteiger partial charge in [0.25, 0.3) is 0 Å². The van der Waals surface area contributed by atoms with Crippen LogP contribution in [0.2, 0.25) is 5.02 Å². The van der Waals surface area contributed by atoms with Crippen LogP contribution in [0, 0.1) is 0 Å². The Kier molecular flexibility index (Phi) is 6.03. The standard InChI is InChI=1S/C19H18ClN3O3S/c1-12(24)21-19-22-23(13(2)25)18(27-19)15-8-4-6-10-17(15)26-11-14-7-3-5-9-16(14)20/h3-10,18H,11H2,1-2H3,(H,21,22,24). The molecule has 140 valence electrons. The normalized spacial score (nSPS) is 16.0. The van der Waals surface area contributed by atoms with Crippen LogP contribution in [0.25, 0.3) is 0 Å². The van der Waals surface area contributed by atoms with Crippen LogP contribution in [0.4, 0.5) is 0 Å². The minimum Gasteiger partial charge on any atom is -0.488 e. The molecule has 0 fully saturated rings. The Morgan fingerprint density at radius 3 is 2.59 bits per heavy atom. The fourth-order valence-electron chi connectivity index (χ4n) is 2.55. The first kappa shape index (κ1) is 19.3. The van der Waals surface area contributed by atoms with E-state index >= 15 is 0 Å². The van der Waals surface area contributed by atoms with E-state index in [0.717, 1.165) is 11.1 Å². The molecule has 0 bridgehead atoms. The maximum atomic E-state index is 12.0. The second-order valence-corrected chi connectivity index (χ2v) is 7.31. The third kappa shape index (κ3) is 4.61. The minimum absolute atomic E-state index is 0.228. The number of carbonyl (C=O) groups excluding carboxylic acids is 2. The number of carbonyl (C=O) groups is 2. The fraction of sp³-hybridized carbons (Fsp3) is 0.211.